The molecular weight excluding hydrogens is 290 g/mol. The summed E-state index contributed by atoms with van der Waals surface area (Å²) in [4.78, 5) is 17.1. The van der Waals surface area contributed by atoms with Crippen LogP contribution in [0.5, 0.6) is 0 Å². The molecule has 21 heavy (non-hydrogen) atoms. The summed E-state index contributed by atoms with van der Waals surface area (Å²) in [6.07, 6.45) is 0.139. The third-order valence-corrected chi connectivity index (χ3v) is 4.40. The van der Waals surface area contributed by atoms with Crippen molar-refractivity contribution < 1.29 is 18.0 Å². The monoisotopic (exact) mass is 313 g/mol. The van der Waals surface area contributed by atoms with Crippen LogP contribution in [0.3, 0.4) is 0 Å². The molecule has 1 aromatic carbocycles. The van der Waals surface area contributed by atoms with Gasteiger partial charge in [0, 0.05) is 0 Å². The summed E-state index contributed by atoms with van der Waals surface area (Å²) in [6.45, 7) is 8.98. The molecule has 1 rings (SSSR count). The maximum atomic E-state index is 12.5. The van der Waals surface area contributed by atoms with Gasteiger partial charge in [-0.25, -0.2) is 8.42 Å². The maximum absolute atomic E-state index is 12.5. The van der Waals surface area contributed by atoms with Gasteiger partial charge in [-0.2, -0.15) is 0 Å². The van der Waals surface area contributed by atoms with E-state index in [4.69, 9.17) is 4.84 Å². The smallest absolute Gasteiger partial charge is 0.327 e. The van der Waals surface area contributed by atoms with Crippen LogP contribution in [0.2, 0.25) is 0 Å². The average Bonchev–Trinajstić information content (AvgIpc) is 2.34. The largest absolute Gasteiger partial charge is 0.353 e. The lowest BCUT2D eigenvalue weighted by Gasteiger charge is -2.26. The number of hydrogen-bond donors (Lipinski definition) is 0. The number of nitrogens with zero attached hydrogens (tertiary/aromatic N) is 1. The summed E-state index contributed by atoms with van der Waals surface area (Å²) in [6, 6.07) is 7.44. The van der Waals surface area contributed by atoms with Crippen molar-refractivity contribution in [2.45, 2.75) is 52.0 Å². The fourth-order valence-electron chi connectivity index (χ4n) is 1.69. The minimum Gasteiger partial charge on any atom is -0.353 e. The van der Waals surface area contributed by atoms with Crippen LogP contribution >= 0.6 is 0 Å². The molecule has 1 aromatic rings. The van der Waals surface area contributed by atoms with Gasteiger partial charge in [0.1, 0.15) is 0 Å². The van der Waals surface area contributed by atoms with E-state index in [2.05, 4.69) is 0 Å². The van der Waals surface area contributed by atoms with Gasteiger partial charge < -0.3 is 4.84 Å². The number of hydrogen-bond acceptors (Lipinski definition) is 4. The Morgan fingerprint density at radius 2 is 1.71 bits per heavy atom. The lowest BCUT2D eigenvalue weighted by atomic mass is 9.93. The highest BCUT2D eigenvalue weighted by atomic mass is 32.2. The molecule has 5 nitrogen and oxygen atoms in total. The molecule has 118 valence electrons. The number of sulfonamides is 1. The molecule has 0 bridgehead atoms. The lowest BCUT2D eigenvalue weighted by molar-refractivity contribution is -0.176. The lowest BCUT2D eigenvalue weighted by Crippen LogP contribution is -2.39. The molecule has 0 unspecified atom stereocenters. The molecule has 0 heterocycles. The van der Waals surface area contributed by atoms with Gasteiger partial charge in [0.2, 0.25) is 0 Å². The molecule has 0 spiro atoms. The van der Waals surface area contributed by atoms with E-state index in [1.807, 2.05) is 20.8 Å². The van der Waals surface area contributed by atoms with Crippen molar-refractivity contribution in [2.75, 3.05) is 0 Å². The number of carbonyl (C=O) groups excluding carboxylic acids is 1. The minimum atomic E-state index is -3.86. The van der Waals surface area contributed by atoms with E-state index < -0.39 is 22.0 Å². The Morgan fingerprint density at radius 3 is 2.14 bits per heavy atom. The minimum absolute atomic E-state index is 0.0993. The summed E-state index contributed by atoms with van der Waals surface area (Å²) in [5.74, 6) is -0.560. The standard InChI is InChI=1S/C15H23NO4S/c1-12(2)16(20-14(17)11-15(3,4)5)21(18,19)13-9-7-6-8-10-13/h6-10,12H,11H2,1-5H3. The van der Waals surface area contributed by atoms with Gasteiger partial charge in [-0.3, -0.25) is 4.79 Å². The van der Waals surface area contributed by atoms with Gasteiger partial charge in [0.05, 0.1) is 17.4 Å². The predicted molar refractivity (Wildman–Crippen MR) is 80.8 cm³/mol. The first-order valence-corrected chi connectivity index (χ1v) is 8.28. The fraction of sp³-hybridized carbons (Fsp3) is 0.533. The highest BCUT2D eigenvalue weighted by molar-refractivity contribution is 7.89. The van der Waals surface area contributed by atoms with Crippen LogP contribution in [-0.4, -0.2) is 24.9 Å². The summed E-state index contributed by atoms with van der Waals surface area (Å²) < 4.78 is 25.8. The summed E-state index contributed by atoms with van der Waals surface area (Å²) in [5, 5.41) is 0. The van der Waals surface area contributed by atoms with Crippen molar-refractivity contribution in [1.82, 2.24) is 4.47 Å². The first-order valence-electron chi connectivity index (χ1n) is 6.84. The predicted octanol–water partition coefficient (Wildman–Crippen LogP) is 2.98. The number of carbonyl (C=O) groups is 1. The first kappa shape index (κ1) is 17.7. The van der Waals surface area contributed by atoms with Crippen LogP contribution in [0, 0.1) is 5.41 Å². The molecule has 0 N–H and O–H groups in total. The second-order valence-corrected chi connectivity index (χ2v) is 8.15. The highest BCUT2D eigenvalue weighted by Gasteiger charge is 2.32. The number of rotatable bonds is 5. The summed E-state index contributed by atoms with van der Waals surface area (Å²) in [5.41, 5.74) is -0.268. The SMILES string of the molecule is CC(C)N(OC(=O)CC(C)(C)C)S(=O)(=O)c1ccccc1. The van der Waals surface area contributed by atoms with Crippen molar-refractivity contribution in [3.8, 4) is 0 Å². The third kappa shape index (κ3) is 5.13. The third-order valence-electron chi connectivity index (χ3n) is 2.57. The van der Waals surface area contributed by atoms with Gasteiger partial charge >= 0.3 is 5.97 Å². The molecule has 0 amide bonds. The topological polar surface area (TPSA) is 63.7 Å². The normalized spacial score (nSPS) is 12.7. The Labute approximate surface area is 126 Å². The Balaban J connectivity index is 3.00. The number of hydroxylamine groups is 1. The zero-order valence-corrected chi connectivity index (χ0v) is 14.0. The van der Waals surface area contributed by atoms with E-state index in [-0.39, 0.29) is 16.7 Å². The van der Waals surface area contributed by atoms with E-state index in [1.54, 1.807) is 32.0 Å². The van der Waals surface area contributed by atoms with E-state index in [9.17, 15) is 13.2 Å². The second kappa shape index (κ2) is 6.58. The van der Waals surface area contributed by atoms with Crippen molar-refractivity contribution in [2.24, 2.45) is 5.41 Å². The quantitative estimate of drug-likeness (QED) is 0.784. The molecule has 0 aliphatic carbocycles. The van der Waals surface area contributed by atoms with Crippen molar-refractivity contribution in [3.63, 3.8) is 0 Å². The molecular formula is C15H23NO4S. The van der Waals surface area contributed by atoms with E-state index in [0.717, 1.165) is 4.47 Å². The Morgan fingerprint density at radius 1 is 1.19 bits per heavy atom. The molecule has 0 aliphatic rings. The second-order valence-electron chi connectivity index (χ2n) is 6.37. The molecule has 0 aliphatic heterocycles. The van der Waals surface area contributed by atoms with Crippen molar-refractivity contribution in [3.05, 3.63) is 30.3 Å². The molecule has 0 saturated heterocycles. The summed E-state index contributed by atoms with van der Waals surface area (Å²) >= 11 is 0. The van der Waals surface area contributed by atoms with Gasteiger partial charge in [0.15, 0.2) is 0 Å². The summed E-state index contributed by atoms with van der Waals surface area (Å²) in [7, 11) is -3.86. The Bertz CT molecular complexity index is 573. The van der Waals surface area contributed by atoms with Crippen molar-refractivity contribution in [1.29, 1.82) is 0 Å². The van der Waals surface area contributed by atoms with Crippen molar-refractivity contribution >= 4 is 16.0 Å². The molecule has 0 saturated carbocycles. The number of benzene rings is 1. The zero-order valence-electron chi connectivity index (χ0n) is 13.2. The average molecular weight is 313 g/mol. The van der Waals surface area contributed by atoms with Crippen LogP contribution in [0.1, 0.15) is 41.0 Å². The van der Waals surface area contributed by atoms with Gasteiger partial charge in [-0.05, 0) is 35.9 Å². The van der Waals surface area contributed by atoms with Gasteiger partial charge in [-0.1, -0.05) is 39.0 Å². The van der Waals surface area contributed by atoms with Crippen LogP contribution in [0.25, 0.3) is 0 Å². The maximum Gasteiger partial charge on any atom is 0.327 e. The van der Waals surface area contributed by atoms with Crippen LogP contribution in [-0.2, 0) is 19.7 Å². The molecule has 0 radical (unpaired) electrons. The molecule has 0 fully saturated rings. The molecule has 6 heteroatoms. The Kier molecular flexibility index (Phi) is 5.53. The van der Waals surface area contributed by atoms with E-state index in [1.165, 1.54) is 12.1 Å². The molecule has 0 atom stereocenters. The van der Waals surface area contributed by atoms with E-state index >= 15 is 0 Å². The first-order chi connectivity index (χ1) is 9.54. The van der Waals surface area contributed by atoms with Gasteiger partial charge in [-0.15, -0.1) is 0 Å². The van der Waals surface area contributed by atoms with Gasteiger partial charge in [0.25, 0.3) is 10.0 Å². The fourth-order valence-corrected chi connectivity index (χ4v) is 3.14. The molecule has 0 aromatic heterocycles. The highest BCUT2D eigenvalue weighted by Crippen LogP contribution is 2.22. The van der Waals surface area contributed by atoms with E-state index in [0.29, 0.717) is 0 Å². The van der Waals surface area contributed by atoms with Crippen LogP contribution in [0.4, 0.5) is 0 Å². The zero-order chi connectivity index (χ0) is 16.3. The van der Waals surface area contributed by atoms with Crippen LogP contribution in [0.15, 0.2) is 35.2 Å². The Hall–Kier alpha value is -1.40. The van der Waals surface area contributed by atoms with Crippen LogP contribution < -0.4 is 0 Å².